The van der Waals surface area contributed by atoms with Crippen LogP contribution in [0, 0.1) is 0 Å². The van der Waals surface area contributed by atoms with E-state index in [0.29, 0.717) is 32.6 Å². The molecule has 0 aromatic carbocycles. The molecule has 1 atom stereocenters. The molecule has 0 bridgehead atoms. The second-order valence-corrected chi connectivity index (χ2v) is 6.96. The Bertz CT molecular complexity index is 574. The summed E-state index contributed by atoms with van der Waals surface area (Å²) in [6.07, 6.45) is 3.75. The molecule has 0 spiro atoms. The number of halogens is 2. The van der Waals surface area contributed by atoms with Gasteiger partial charge in [-0.2, -0.15) is 0 Å². The first-order valence-corrected chi connectivity index (χ1v) is 8.35. The lowest BCUT2D eigenvalue weighted by molar-refractivity contribution is -0.130. The number of pyridine rings is 1. The topological polar surface area (TPSA) is 56.7 Å². The summed E-state index contributed by atoms with van der Waals surface area (Å²) in [4.78, 5) is 19.9. The number of hydrogen-bond donors (Lipinski definition) is 1. The lowest BCUT2D eigenvalue weighted by Crippen LogP contribution is -2.49. The van der Waals surface area contributed by atoms with E-state index in [2.05, 4.69) is 4.98 Å². The number of rotatable bonds is 4. The van der Waals surface area contributed by atoms with Crippen molar-refractivity contribution in [3.63, 3.8) is 0 Å². The average molecular weight is 339 g/mol. The Morgan fingerprint density at radius 3 is 2.67 bits per heavy atom. The summed E-state index contributed by atoms with van der Waals surface area (Å²) in [7, 11) is 0. The number of aliphatic hydroxyl groups is 1. The smallest absolute Gasteiger partial charge is 0.250 e. The molecule has 24 heavy (non-hydrogen) atoms. The summed E-state index contributed by atoms with van der Waals surface area (Å²) < 4.78 is 26.4. The first-order chi connectivity index (χ1) is 11.4. The van der Waals surface area contributed by atoms with Crippen LogP contribution in [0.4, 0.5) is 8.78 Å². The molecule has 2 fully saturated rings. The number of nitrogens with zero attached hydrogens (tertiary/aromatic N) is 3. The van der Waals surface area contributed by atoms with E-state index < -0.39 is 11.5 Å². The SMILES string of the molecule is O=C(Cc1cccnc1)N1CC[C@@](O)(CN2CCC(F)(F)CC2)C1. The minimum atomic E-state index is -2.58. The highest BCUT2D eigenvalue weighted by atomic mass is 19.3. The van der Waals surface area contributed by atoms with Crippen molar-refractivity contribution in [1.29, 1.82) is 0 Å². The predicted octanol–water partition coefficient (Wildman–Crippen LogP) is 1.32. The van der Waals surface area contributed by atoms with E-state index in [9.17, 15) is 18.7 Å². The highest BCUT2D eigenvalue weighted by molar-refractivity contribution is 5.79. The van der Waals surface area contributed by atoms with E-state index >= 15 is 0 Å². The molecular formula is C17H23F2N3O2. The van der Waals surface area contributed by atoms with E-state index in [1.54, 1.807) is 23.4 Å². The maximum atomic E-state index is 13.2. The molecule has 2 saturated heterocycles. The predicted molar refractivity (Wildman–Crippen MR) is 84.7 cm³/mol. The number of carbonyl (C=O) groups excluding carboxylic acids is 1. The summed E-state index contributed by atoms with van der Waals surface area (Å²) in [5.41, 5.74) is -0.159. The summed E-state index contributed by atoms with van der Waals surface area (Å²) in [5.74, 6) is -2.62. The Kier molecular flexibility index (Phi) is 4.83. The van der Waals surface area contributed by atoms with Crippen molar-refractivity contribution in [2.24, 2.45) is 0 Å². The van der Waals surface area contributed by atoms with Gasteiger partial charge in [0.1, 0.15) is 0 Å². The number of hydrogen-bond acceptors (Lipinski definition) is 4. The fourth-order valence-electron chi connectivity index (χ4n) is 3.44. The van der Waals surface area contributed by atoms with Crippen LogP contribution in [0.25, 0.3) is 0 Å². The summed E-state index contributed by atoms with van der Waals surface area (Å²) in [6.45, 7) is 1.69. The molecule has 0 unspecified atom stereocenters. The monoisotopic (exact) mass is 339 g/mol. The van der Waals surface area contributed by atoms with Gasteiger partial charge in [-0.3, -0.25) is 14.7 Å². The van der Waals surface area contributed by atoms with Crippen LogP contribution in [0.5, 0.6) is 0 Å². The first-order valence-electron chi connectivity index (χ1n) is 8.35. The second-order valence-electron chi connectivity index (χ2n) is 6.96. The number of alkyl halides is 2. The van der Waals surface area contributed by atoms with Crippen molar-refractivity contribution in [3.05, 3.63) is 30.1 Å². The molecule has 0 aliphatic carbocycles. The van der Waals surface area contributed by atoms with Gasteiger partial charge < -0.3 is 10.0 Å². The number of likely N-dealkylation sites (tertiary alicyclic amines) is 2. The summed E-state index contributed by atoms with van der Waals surface area (Å²) in [5, 5.41) is 10.7. The van der Waals surface area contributed by atoms with Gasteiger partial charge in [0.15, 0.2) is 0 Å². The molecule has 2 aliphatic heterocycles. The first kappa shape index (κ1) is 17.2. The number of β-amino-alcohol motifs (C(OH)–C–C–N with tert-alkyl or cyclic N) is 1. The minimum Gasteiger partial charge on any atom is -0.387 e. The van der Waals surface area contributed by atoms with Crippen LogP contribution in [-0.2, 0) is 11.2 Å². The van der Waals surface area contributed by atoms with Gasteiger partial charge >= 0.3 is 0 Å². The molecule has 1 amide bonds. The third-order valence-corrected chi connectivity index (χ3v) is 4.87. The van der Waals surface area contributed by atoms with E-state index in [0.717, 1.165) is 5.56 Å². The zero-order valence-corrected chi connectivity index (χ0v) is 13.6. The Morgan fingerprint density at radius 2 is 2.00 bits per heavy atom. The van der Waals surface area contributed by atoms with Gasteiger partial charge in [-0.15, -0.1) is 0 Å². The number of amides is 1. The second kappa shape index (κ2) is 6.72. The molecule has 132 valence electrons. The van der Waals surface area contributed by atoms with Crippen molar-refractivity contribution in [2.45, 2.75) is 37.2 Å². The molecule has 5 nitrogen and oxygen atoms in total. The van der Waals surface area contributed by atoms with Crippen LogP contribution >= 0.6 is 0 Å². The van der Waals surface area contributed by atoms with E-state index in [4.69, 9.17) is 0 Å². The molecule has 2 aliphatic rings. The summed E-state index contributed by atoms with van der Waals surface area (Å²) >= 11 is 0. The Labute approximate surface area is 140 Å². The lowest BCUT2D eigenvalue weighted by Gasteiger charge is -2.36. The molecule has 3 heterocycles. The van der Waals surface area contributed by atoms with Crippen LogP contribution in [0.15, 0.2) is 24.5 Å². The van der Waals surface area contributed by atoms with Gasteiger partial charge in [0.2, 0.25) is 5.91 Å². The van der Waals surface area contributed by atoms with E-state index in [1.165, 1.54) is 0 Å². The lowest BCUT2D eigenvalue weighted by atomic mass is 10.00. The van der Waals surface area contributed by atoms with Crippen LogP contribution in [0.1, 0.15) is 24.8 Å². The highest BCUT2D eigenvalue weighted by Gasteiger charge is 2.41. The molecule has 0 radical (unpaired) electrons. The van der Waals surface area contributed by atoms with Crippen molar-refractivity contribution in [1.82, 2.24) is 14.8 Å². The molecule has 3 rings (SSSR count). The van der Waals surface area contributed by atoms with Crippen LogP contribution in [0.3, 0.4) is 0 Å². The maximum Gasteiger partial charge on any atom is 0.250 e. The quantitative estimate of drug-likeness (QED) is 0.899. The third-order valence-electron chi connectivity index (χ3n) is 4.87. The van der Waals surface area contributed by atoms with Gasteiger partial charge in [0, 0.05) is 51.4 Å². The average Bonchev–Trinajstić information content (AvgIpc) is 2.93. The standard InChI is InChI=1S/C17H23F2N3O2/c18-17(19)4-7-21(8-5-17)12-16(24)3-9-22(13-16)15(23)10-14-2-1-6-20-11-14/h1-2,6,11,24H,3-5,7-10,12-13H2/t16-/m1/s1. The molecule has 0 saturated carbocycles. The highest BCUT2D eigenvalue weighted by Crippen LogP contribution is 2.30. The van der Waals surface area contributed by atoms with Crippen LogP contribution in [0.2, 0.25) is 0 Å². The van der Waals surface area contributed by atoms with Gasteiger partial charge in [-0.05, 0) is 18.1 Å². The molecule has 1 aromatic heterocycles. The third kappa shape index (κ3) is 4.27. The van der Waals surface area contributed by atoms with Gasteiger partial charge in [0.05, 0.1) is 18.6 Å². The molecule has 7 heteroatoms. The van der Waals surface area contributed by atoms with Gasteiger partial charge in [-0.1, -0.05) is 6.07 Å². The van der Waals surface area contributed by atoms with E-state index in [1.807, 2.05) is 11.0 Å². The van der Waals surface area contributed by atoms with Crippen molar-refractivity contribution < 1.29 is 18.7 Å². The number of piperidine rings is 1. The molecule has 1 aromatic rings. The Balaban J connectivity index is 1.51. The fourth-order valence-corrected chi connectivity index (χ4v) is 3.44. The van der Waals surface area contributed by atoms with Crippen molar-refractivity contribution in [3.8, 4) is 0 Å². The zero-order valence-electron chi connectivity index (χ0n) is 13.6. The van der Waals surface area contributed by atoms with Crippen LogP contribution < -0.4 is 0 Å². The minimum absolute atomic E-state index is 0.0379. The van der Waals surface area contributed by atoms with Gasteiger partial charge in [0.25, 0.3) is 5.92 Å². The number of carbonyl (C=O) groups is 1. The largest absolute Gasteiger partial charge is 0.387 e. The fraction of sp³-hybridized carbons (Fsp3) is 0.647. The van der Waals surface area contributed by atoms with E-state index in [-0.39, 0.29) is 31.7 Å². The maximum absolute atomic E-state index is 13.2. The molecular weight excluding hydrogens is 316 g/mol. The van der Waals surface area contributed by atoms with Crippen molar-refractivity contribution >= 4 is 5.91 Å². The Morgan fingerprint density at radius 1 is 1.25 bits per heavy atom. The van der Waals surface area contributed by atoms with Crippen LogP contribution in [-0.4, -0.2) is 70.0 Å². The van der Waals surface area contributed by atoms with Crippen molar-refractivity contribution in [2.75, 3.05) is 32.7 Å². The molecule has 1 N–H and O–H groups in total. The number of aromatic nitrogens is 1. The normalized spacial score (nSPS) is 27.4. The zero-order chi connectivity index (χ0) is 17.2. The Hall–Kier alpha value is -1.60. The van der Waals surface area contributed by atoms with Gasteiger partial charge in [-0.25, -0.2) is 8.78 Å². The summed E-state index contributed by atoms with van der Waals surface area (Å²) in [6, 6.07) is 3.64.